The summed E-state index contributed by atoms with van der Waals surface area (Å²) in [6.45, 7) is 4.95. The summed E-state index contributed by atoms with van der Waals surface area (Å²) in [5.41, 5.74) is 1.33. The van der Waals surface area contributed by atoms with E-state index in [2.05, 4.69) is 58.4 Å². The van der Waals surface area contributed by atoms with Crippen molar-refractivity contribution in [2.45, 2.75) is 83.1 Å². The zero-order valence-corrected chi connectivity index (χ0v) is 23.0. The quantitative estimate of drug-likeness (QED) is 0.0657. The van der Waals surface area contributed by atoms with Gasteiger partial charge >= 0.3 is 5.97 Å². The normalized spacial score (nSPS) is 12.0. The molecule has 198 valence electrons. The van der Waals surface area contributed by atoms with Crippen LogP contribution in [0.5, 0.6) is 5.88 Å². The van der Waals surface area contributed by atoms with E-state index in [0.717, 1.165) is 32.1 Å². The highest BCUT2D eigenvalue weighted by Gasteiger charge is 2.17. The molecule has 0 atom stereocenters. The van der Waals surface area contributed by atoms with Gasteiger partial charge in [-0.25, -0.2) is 14.6 Å². The zero-order valence-electron chi connectivity index (χ0n) is 22.2. The number of hydrogen-bond donors (Lipinski definition) is 0. The van der Waals surface area contributed by atoms with Gasteiger partial charge in [0, 0.05) is 7.05 Å². The fourth-order valence-electron chi connectivity index (χ4n) is 3.62. The highest BCUT2D eigenvalue weighted by atomic mass is 32.2. The standard InChI is InChI=1S/C28H42N4O3S/c1-4-6-7-8-9-10-11-12-13-14-15-16-17-18-19-20-21-35-28-26-25(31-32(28)3)27(30-23-29-26)36-22-24(33)34-5-2/h6-7,9-10,12-13,23H,4-5,8,11,14-22H2,1-3H3/b7-6-,10-9-,13-12-. The van der Waals surface area contributed by atoms with E-state index in [1.165, 1.54) is 50.2 Å². The molecule has 8 heteroatoms. The molecule has 0 fully saturated rings. The van der Waals surface area contributed by atoms with E-state index < -0.39 is 0 Å². The largest absolute Gasteiger partial charge is 0.476 e. The fraction of sp³-hybridized carbons (Fsp3) is 0.571. The summed E-state index contributed by atoms with van der Waals surface area (Å²) in [6.07, 6.45) is 26.5. The number of aryl methyl sites for hydroxylation is 1. The van der Waals surface area contributed by atoms with Gasteiger partial charge in [0.15, 0.2) is 5.52 Å². The van der Waals surface area contributed by atoms with Crippen molar-refractivity contribution in [2.75, 3.05) is 19.0 Å². The van der Waals surface area contributed by atoms with Crippen molar-refractivity contribution >= 4 is 28.8 Å². The Hall–Kier alpha value is -2.61. The molecule has 0 radical (unpaired) electrons. The van der Waals surface area contributed by atoms with Gasteiger partial charge in [-0.3, -0.25) is 4.79 Å². The molecule has 0 saturated heterocycles. The minimum atomic E-state index is -0.267. The minimum absolute atomic E-state index is 0.192. The van der Waals surface area contributed by atoms with Gasteiger partial charge in [0.25, 0.3) is 0 Å². The van der Waals surface area contributed by atoms with Crippen LogP contribution >= 0.6 is 11.8 Å². The number of carbonyl (C=O) groups excluding carboxylic acids is 1. The smallest absolute Gasteiger partial charge is 0.316 e. The number of allylic oxidation sites excluding steroid dienone is 6. The SMILES string of the molecule is CC/C=C\C/C=C\C/C=C\CCCCCCCCOc1c2ncnc(SCC(=O)OCC)c2nn1C. The van der Waals surface area contributed by atoms with E-state index in [1.807, 2.05) is 7.05 Å². The summed E-state index contributed by atoms with van der Waals surface area (Å²) in [7, 11) is 1.84. The Bertz CT molecular complexity index is 985. The molecule has 0 bridgehead atoms. The summed E-state index contributed by atoms with van der Waals surface area (Å²) in [4.78, 5) is 20.3. The molecule has 0 aliphatic rings. The number of thioether (sulfide) groups is 1. The third kappa shape index (κ3) is 11.4. The number of rotatable bonds is 19. The van der Waals surface area contributed by atoms with Crippen molar-refractivity contribution < 1.29 is 14.3 Å². The van der Waals surface area contributed by atoms with Crippen molar-refractivity contribution in [1.29, 1.82) is 0 Å². The summed E-state index contributed by atoms with van der Waals surface area (Å²) in [6, 6.07) is 0. The molecule has 0 aliphatic carbocycles. The molecule has 0 saturated carbocycles. The molecule has 0 aromatic carbocycles. The van der Waals surface area contributed by atoms with Crippen LogP contribution in [0.3, 0.4) is 0 Å². The summed E-state index contributed by atoms with van der Waals surface area (Å²) in [5, 5.41) is 5.17. The van der Waals surface area contributed by atoms with Crippen LogP contribution in [0.25, 0.3) is 11.0 Å². The number of fused-ring (bicyclic) bond motifs is 1. The van der Waals surface area contributed by atoms with Gasteiger partial charge in [-0.2, -0.15) is 5.10 Å². The van der Waals surface area contributed by atoms with Crippen LogP contribution < -0.4 is 4.74 Å². The van der Waals surface area contributed by atoms with Crippen molar-refractivity contribution in [3.05, 3.63) is 42.8 Å². The van der Waals surface area contributed by atoms with Crippen LogP contribution in [0.4, 0.5) is 0 Å². The molecule has 2 aromatic rings. The number of carbonyl (C=O) groups is 1. The van der Waals surface area contributed by atoms with E-state index >= 15 is 0 Å². The van der Waals surface area contributed by atoms with Gasteiger partial charge in [-0.05, 0) is 45.4 Å². The van der Waals surface area contributed by atoms with Gasteiger partial charge in [0.2, 0.25) is 5.88 Å². The Balaban J connectivity index is 1.59. The lowest BCUT2D eigenvalue weighted by Gasteiger charge is -2.06. The molecule has 2 aromatic heterocycles. The van der Waals surface area contributed by atoms with Crippen LogP contribution in [-0.2, 0) is 16.6 Å². The fourth-order valence-corrected chi connectivity index (χ4v) is 4.36. The highest BCUT2D eigenvalue weighted by Crippen LogP contribution is 2.29. The third-order valence-electron chi connectivity index (χ3n) is 5.45. The molecular formula is C28H42N4O3S. The van der Waals surface area contributed by atoms with Gasteiger partial charge in [-0.1, -0.05) is 80.8 Å². The zero-order chi connectivity index (χ0) is 25.8. The van der Waals surface area contributed by atoms with E-state index in [0.29, 0.717) is 35.2 Å². The second kappa shape index (κ2) is 18.6. The van der Waals surface area contributed by atoms with Crippen molar-refractivity contribution in [2.24, 2.45) is 7.05 Å². The Kier molecular flexibility index (Phi) is 15.3. The van der Waals surface area contributed by atoms with Crippen LogP contribution in [0, 0.1) is 0 Å². The van der Waals surface area contributed by atoms with Crippen LogP contribution in [0.2, 0.25) is 0 Å². The van der Waals surface area contributed by atoms with Crippen molar-refractivity contribution in [1.82, 2.24) is 19.7 Å². The first-order valence-electron chi connectivity index (χ1n) is 13.2. The number of unbranched alkanes of at least 4 members (excludes halogenated alkanes) is 6. The topological polar surface area (TPSA) is 79.1 Å². The second-order valence-electron chi connectivity index (χ2n) is 8.45. The molecule has 7 nitrogen and oxygen atoms in total. The average molecular weight is 515 g/mol. The number of hydrogen-bond acceptors (Lipinski definition) is 7. The lowest BCUT2D eigenvalue weighted by atomic mass is 10.1. The summed E-state index contributed by atoms with van der Waals surface area (Å²) < 4.78 is 12.7. The predicted octanol–water partition coefficient (Wildman–Crippen LogP) is 6.99. The van der Waals surface area contributed by atoms with E-state index in [-0.39, 0.29) is 11.7 Å². The molecule has 0 amide bonds. The third-order valence-corrected chi connectivity index (χ3v) is 6.40. The Morgan fingerprint density at radius 2 is 1.61 bits per heavy atom. The number of esters is 1. The van der Waals surface area contributed by atoms with Gasteiger partial charge in [-0.15, -0.1) is 0 Å². The monoisotopic (exact) mass is 514 g/mol. The molecule has 0 aliphatic heterocycles. The minimum Gasteiger partial charge on any atom is -0.476 e. The first kappa shape index (κ1) is 29.6. The predicted molar refractivity (Wildman–Crippen MR) is 148 cm³/mol. The van der Waals surface area contributed by atoms with Gasteiger partial charge in [0.1, 0.15) is 16.9 Å². The average Bonchev–Trinajstić information content (AvgIpc) is 3.20. The molecular weight excluding hydrogens is 472 g/mol. The molecule has 0 unspecified atom stereocenters. The van der Waals surface area contributed by atoms with Crippen LogP contribution in [-0.4, -0.2) is 44.7 Å². The Morgan fingerprint density at radius 3 is 2.36 bits per heavy atom. The van der Waals surface area contributed by atoms with Gasteiger partial charge in [0.05, 0.1) is 19.0 Å². The second-order valence-corrected chi connectivity index (χ2v) is 9.41. The number of ether oxygens (including phenoxy) is 2. The lowest BCUT2D eigenvalue weighted by molar-refractivity contribution is -0.139. The Labute approximate surface area is 220 Å². The molecule has 2 rings (SSSR count). The molecule has 0 N–H and O–H groups in total. The first-order chi connectivity index (χ1) is 17.7. The maximum atomic E-state index is 11.7. The van der Waals surface area contributed by atoms with Crippen LogP contribution in [0.15, 0.2) is 47.8 Å². The van der Waals surface area contributed by atoms with E-state index in [4.69, 9.17) is 9.47 Å². The Morgan fingerprint density at radius 1 is 0.917 bits per heavy atom. The van der Waals surface area contributed by atoms with E-state index in [1.54, 1.807) is 11.6 Å². The summed E-state index contributed by atoms with van der Waals surface area (Å²) >= 11 is 1.30. The lowest BCUT2D eigenvalue weighted by Crippen LogP contribution is -2.06. The maximum Gasteiger partial charge on any atom is 0.316 e. The molecule has 0 spiro atoms. The summed E-state index contributed by atoms with van der Waals surface area (Å²) in [5.74, 6) is 0.568. The highest BCUT2D eigenvalue weighted by molar-refractivity contribution is 8.00. The first-order valence-corrected chi connectivity index (χ1v) is 14.2. The molecule has 36 heavy (non-hydrogen) atoms. The van der Waals surface area contributed by atoms with Crippen molar-refractivity contribution in [3.8, 4) is 5.88 Å². The van der Waals surface area contributed by atoms with E-state index in [9.17, 15) is 4.79 Å². The van der Waals surface area contributed by atoms with Gasteiger partial charge < -0.3 is 9.47 Å². The molecule has 2 heterocycles. The number of aromatic nitrogens is 4. The van der Waals surface area contributed by atoms with Crippen LogP contribution in [0.1, 0.15) is 78.1 Å². The maximum absolute atomic E-state index is 11.7. The number of nitrogens with zero attached hydrogens (tertiary/aromatic N) is 4. The van der Waals surface area contributed by atoms with Crippen molar-refractivity contribution in [3.63, 3.8) is 0 Å².